The second-order valence-electron chi connectivity index (χ2n) is 4.92. The first-order chi connectivity index (χ1) is 7.94. The summed E-state index contributed by atoms with van der Waals surface area (Å²) >= 11 is 0. The summed E-state index contributed by atoms with van der Waals surface area (Å²) < 4.78 is 36.0. The number of unbranched alkanes of at least 4 members (excludes halogenated alkanes) is 1. The number of hydrogen-bond donors (Lipinski definition) is 1. The second-order valence-corrected chi connectivity index (χ2v) is 4.92. The van der Waals surface area contributed by atoms with Gasteiger partial charge < -0.3 is 5.32 Å². The van der Waals surface area contributed by atoms with E-state index in [1.54, 1.807) is 0 Å². The van der Waals surface area contributed by atoms with Crippen LogP contribution in [0.2, 0.25) is 0 Å². The van der Waals surface area contributed by atoms with E-state index in [4.69, 9.17) is 0 Å². The number of halogens is 3. The van der Waals surface area contributed by atoms with Crippen LogP contribution in [0.5, 0.6) is 0 Å². The van der Waals surface area contributed by atoms with Crippen LogP contribution in [0.1, 0.15) is 39.5 Å². The molecule has 1 unspecified atom stereocenters. The van der Waals surface area contributed by atoms with Gasteiger partial charge in [0.1, 0.15) is 0 Å². The van der Waals surface area contributed by atoms with E-state index in [0.29, 0.717) is 12.6 Å². The number of nitrogens with zero attached hydrogens (tertiary/aromatic N) is 1. The Kier molecular flexibility index (Phi) is 5.73. The Morgan fingerprint density at radius 2 is 2.00 bits per heavy atom. The average molecular weight is 252 g/mol. The third-order valence-electron chi connectivity index (χ3n) is 3.12. The van der Waals surface area contributed by atoms with Crippen molar-refractivity contribution in [2.75, 3.05) is 19.6 Å². The van der Waals surface area contributed by atoms with Crippen molar-refractivity contribution >= 4 is 0 Å². The third-order valence-corrected chi connectivity index (χ3v) is 3.12. The largest absolute Gasteiger partial charge is 0.401 e. The molecule has 1 aliphatic carbocycles. The van der Waals surface area contributed by atoms with E-state index >= 15 is 0 Å². The SMILES string of the molecule is CCCCN(C(C)CNCC(F)(F)F)C1CC1. The lowest BCUT2D eigenvalue weighted by Crippen LogP contribution is -2.44. The Balaban J connectivity index is 2.24. The Morgan fingerprint density at radius 1 is 1.35 bits per heavy atom. The highest BCUT2D eigenvalue weighted by Gasteiger charge is 2.32. The van der Waals surface area contributed by atoms with Gasteiger partial charge in [-0.25, -0.2) is 0 Å². The van der Waals surface area contributed by atoms with Crippen LogP contribution in [0.4, 0.5) is 13.2 Å². The summed E-state index contributed by atoms with van der Waals surface area (Å²) in [6.45, 7) is 4.69. The quantitative estimate of drug-likeness (QED) is 0.714. The minimum absolute atomic E-state index is 0.191. The molecule has 0 aromatic heterocycles. The molecule has 17 heavy (non-hydrogen) atoms. The predicted octanol–water partition coefficient (Wildman–Crippen LogP) is 2.79. The first-order valence-corrected chi connectivity index (χ1v) is 6.47. The van der Waals surface area contributed by atoms with Gasteiger partial charge in [-0.1, -0.05) is 13.3 Å². The van der Waals surface area contributed by atoms with Crippen LogP contribution in [0.3, 0.4) is 0 Å². The maximum atomic E-state index is 12.0. The first kappa shape index (κ1) is 14.8. The van der Waals surface area contributed by atoms with Crippen molar-refractivity contribution in [3.63, 3.8) is 0 Å². The molecule has 1 aliphatic rings. The molecular formula is C12H23F3N2. The molecule has 0 aliphatic heterocycles. The summed E-state index contributed by atoms with van der Waals surface area (Å²) in [5.41, 5.74) is 0. The van der Waals surface area contributed by atoms with Gasteiger partial charge in [-0.2, -0.15) is 13.2 Å². The molecule has 2 nitrogen and oxygen atoms in total. The topological polar surface area (TPSA) is 15.3 Å². The molecule has 1 atom stereocenters. The van der Waals surface area contributed by atoms with Crippen LogP contribution in [0.15, 0.2) is 0 Å². The zero-order valence-corrected chi connectivity index (χ0v) is 10.7. The molecule has 0 saturated heterocycles. The fourth-order valence-corrected chi connectivity index (χ4v) is 2.05. The van der Waals surface area contributed by atoms with Gasteiger partial charge in [0.2, 0.25) is 0 Å². The van der Waals surface area contributed by atoms with E-state index in [9.17, 15) is 13.2 Å². The van der Waals surface area contributed by atoms with Crippen molar-refractivity contribution in [1.29, 1.82) is 0 Å². The molecule has 0 aromatic rings. The van der Waals surface area contributed by atoms with Gasteiger partial charge in [0.25, 0.3) is 0 Å². The smallest absolute Gasteiger partial charge is 0.307 e. The summed E-state index contributed by atoms with van der Waals surface area (Å²) in [7, 11) is 0. The predicted molar refractivity (Wildman–Crippen MR) is 63.0 cm³/mol. The van der Waals surface area contributed by atoms with Crippen LogP contribution in [-0.2, 0) is 0 Å². The maximum Gasteiger partial charge on any atom is 0.401 e. The molecule has 0 heterocycles. The number of rotatable bonds is 8. The Hall–Kier alpha value is -0.290. The van der Waals surface area contributed by atoms with Crippen LogP contribution in [0, 0.1) is 0 Å². The lowest BCUT2D eigenvalue weighted by atomic mass is 10.2. The highest BCUT2D eigenvalue weighted by atomic mass is 19.4. The maximum absolute atomic E-state index is 12.0. The van der Waals surface area contributed by atoms with Crippen molar-refractivity contribution in [1.82, 2.24) is 10.2 Å². The molecule has 1 saturated carbocycles. The number of nitrogens with one attached hydrogen (secondary N) is 1. The van der Waals surface area contributed by atoms with Crippen LogP contribution in [-0.4, -0.2) is 42.8 Å². The third kappa shape index (κ3) is 6.27. The van der Waals surface area contributed by atoms with Gasteiger partial charge in [0.15, 0.2) is 0 Å². The van der Waals surface area contributed by atoms with Crippen molar-refractivity contribution in [3.8, 4) is 0 Å². The van der Waals surface area contributed by atoms with E-state index in [-0.39, 0.29) is 6.04 Å². The zero-order valence-electron chi connectivity index (χ0n) is 10.7. The molecule has 0 radical (unpaired) electrons. The molecule has 0 bridgehead atoms. The fraction of sp³-hybridized carbons (Fsp3) is 1.00. The molecule has 0 spiro atoms. The summed E-state index contributed by atoms with van der Waals surface area (Å²) in [5, 5.41) is 2.50. The first-order valence-electron chi connectivity index (χ1n) is 6.47. The molecule has 1 rings (SSSR count). The van der Waals surface area contributed by atoms with Crippen molar-refractivity contribution in [2.45, 2.75) is 57.8 Å². The number of alkyl halides is 3. The zero-order chi connectivity index (χ0) is 12.9. The molecule has 0 aromatic carbocycles. The Morgan fingerprint density at radius 3 is 2.47 bits per heavy atom. The number of hydrogen-bond acceptors (Lipinski definition) is 2. The van der Waals surface area contributed by atoms with Crippen LogP contribution in [0.25, 0.3) is 0 Å². The normalized spacial score (nSPS) is 18.7. The minimum atomic E-state index is -4.10. The second kappa shape index (κ2) is 6.59. The molecule has 1 N–H and O–H groups in total. The van der Waals surface area contributed by atoms with E-state index in [0.717, 1.165) is 19.4 Å². The molecular weight excluding hydrogens is 229 g/mol. The Bertz CT molecular complexity index is 214. The average Bonchev–Trinajstić information content (AvgIpc) is 3.00. The minimum Gasteiger partial charge on any atom is -0.307 e. The summed E-state index contributed by atoms with van der Waals surface area (Å²) in [4.78, 5) is 2.35. The van der Waals surface area contributed by atoms with Gasteiger partial charge >= 0.3 is 6.18 Å². The Labute approximate surface area is 102 Å². The van der Waals surface area contributed by atoms with Gasteiger partial charge in [-0.15, -0.1) is 0 Å². The van der Waals surface area contributed by atoms with Gasteiger partial charge in [-0.3, -0.25) is 4.90 Å². The van der Waals surface area contributed by atoms with Gasteiger partial charge in [-0.05, 0) is 32.7 Å². The highest BCUT2D eigenvalue weighted by Crippen LogP contribution is 2.28. The fourth-order valence-electron chi connectivity index (χ4n) is 2.05. The molecule has 1 fully saturated rings. The summed E-state index contributed by atoms with van der Waals surface area (Å²) in [6.07, 6.45) is 0.556. The highest BCUT2D eigenvalue weighted by molar-refractivity contribution is 4.88. The van der Waals surface area contributed by atoms with Gasteiger partial charge in [0.05, 0.1) is 6.54 Å². The lowest BCUT2D eigenvalue weighted by Gasteiger charge is -2.29. The van der Waals surface area contributed by atoms with E-state index < -0.39 is 12.7 Å². The monoisotopic (exact) mass is 252 g/mol. The molecule has 5 heteroatoms. The van der Waals surface area contributed by atoms with Crippen LogP contribution < -0.4 is 5.32 Å². The van der Waals surface area contributed by atoms with Crippen LogP contribution >= 0.6 is 0 Å². The summed E-state index contributed by atoms with van der Waals surface area (Å²) in [6, 6.07) is 0.806. The molecule has 102 valence electrons. The molecule has 0 amide bonds. The van der Waals surface area contributed by atoms with E-state index in [2.05, 4.69) is 17.1 Å². The van der Waals surface area contributed by atoms with Crippen molar-refractivity contribution in [3.05, 3.63) is 0 Å². The van der Waals surface area contributed by atoms with Gasteiger partial charge in [0, 0.05) is 18.6 Å². The van der Waals surface area contributed by atoms with Crippen molar-refractivity contribution in [2.24, 2.45) is 0 Å². The summed E-state index contributed by atoms with van der Waals surface area (Å²) in [5.74, 6) is 0. The van der Waals surface area contributed by atoms with E-state index in [1.165, 1.54) is 12.8 Å². The lowest BCUT2D eigenvalue weighted by molar-refractivity contribution is -0.125. The van der Waals surface area contributed by atoms with Crippen molar-refractivity contribution < 1.29 is 13.2 Å². The van der Waals surface area contributed by atoms with E-state index in [1.807, 2.05) is 6.92 Å². The standard InChI is InChI=1S/C12H23F3N2/c1-3-4-7-17(11-5-6-11)10(2)8-16-9-12(13,14)15/h10-11,16H,3-9H2,1-2H3.